The van der Waals surface area contributed by atoms with Gasteiger partial charge in [-0.2, -0.15) is 0 Å². The van der Waals surface area contributed by atoms with Gasteiger partial charge in [-0.3, -0.25) is 0 Å². The SMILES string of the molecule is CCn1c2ccccc2c2c(C)c(-c3ccccc3)ccc21. The van der Waals surface area contributed by atoms with Gasteiger partial charge in [0, 0.05) is 28.4 Å². The van der Waals surface area contributed by atoms with E-state index < -0.39 is 0 Å². The van der Waals surface area contributed by atoms with Crippen molar-refractivity contribution in [1.29, 1.82) is 0 Å². The molecular formula is C21H19N. The average Bonchev–Trinajstić information content (AvgIpc) is 2.90. The normalized spacial score (nSPS) is 11.4. The van der Waals surface area contributed by atoms with Gasteiger partial charge in [0.2, 0.25) is 0 Å². The fraction of sp³-hybridized carbons (Fsp3) is 0.143. The summed E-state index contributed by atoms with van der Waals surface area (Å²) in [5.74, 6) is 0. The second-order valence-electron chi connectivity index (χ2n) is 5.76. The topological polar surface area (TPSA) is 4.93 Å². The van der Waals surface area contributed by atoms with Crippen LogP contribution in [-0.4, -0.2) is 4.57 Å². The first-order valence-electron chi connectivity index (χ1n) is 7.87. The fourth-order valence-electron chi connectivity index (χ4n) is 3.58. The van der Waals surface area contributed by atoms with Crippen LogP contribution < -0.4 is 0 Å². The third-order valence-electron chi connectivity index (χ3n) is 4.60. The van der Waals surface area contributed by atoms with Crippen LogP contribution >= 0.6 is 0 Å². The van der Waals surface area contributed by atoms with Gasteiger partial charge in [-0.1, -0.05) is 54.6 Å². The molecule has 1 heterocycles. The van der Waals surface area contributed by atoms with Gasteiger partial charge in [-0.25, -0.2) is 0 Å². The van der Waals surface area contributed by atoms with Gasteiger partial charge in [-0.15, -0.1) is 0 Å². The standard InChI is InChI=1S/C21H19N/c1-3-22-19-12-8-7-11-18(19)21-15(2)17(13-14-20(21)22)16-9-5-4-6-10-16/h4-14H,3H2,1-2H3. The van der Waals surface area contributed by atoms with E-state index >= 15 is 0 Å². The first-order valence-corrected chi connectivity index (χ1v) is 7.87. The molecule has 0 saturated carbocycles. The van der Waals surface area contributed by atoms with E-state index in [4.69, 9.17) is 0 Å². The van der Waals surface area contributed by atoms with Crippen LogP contribution in [0.2, 0.25) is 0 Å². The molecule has 0 spiro atoms. The Kier molecular flexibility index (Phi) is 3.00. The Morgan fingerprint density at radius 2 is 1.50 bits per heavy atom. The Balaban J connectivity index is 2.14. The molecule has 0 N–H and O–H groups in total. The van der Waals surface area contributed by atoms with E-state index in [1.165, 1.54) is 38.5 Å². The summed E-state index contributed by atoms with van der Waals surface area (Å²) in [6.07, 6.45) is 0. The van der Waals surface area contributed by atoms with Gasteiger partial charge in [0.1, 0.15) is 0 Å². The highest BCUT2D eigenvalue weighted by atomic mass is 15.0. The second kappa shape index (κ2) is 5.03. The Labute approximate surface area is 130 Å². The van der Waals surface area contributed by atoms with E-state index in [0.717, 1.165) is 6.54 Å². The van der Waals surface area contributed by atoms with Crippen molar-refractivity contribution < 1.29 is 0 Å². The van der Waals surface area contributed by atoms with Gasteiger partial charge in [0.15, 0.2) is 0 Å². The molecule has 1 aromatic heterocycles. The molecule has 108 valence electrons. The predicted octanol–water partition coefficient (Wildman–Crippen LogP) is 5.79. The molecule has 4 rings (SSSR count). The lowest BCUT2D eigenvalue weighted by atomic mass is 9.96. The van der Waals surface area contributed by atoms with E-state index in [2.05, 4.69) is 85.1 Å². The second-order valence-corrected chi connectivity index (χ2v) is 5.76. The van der Waals surface area contributed by atoms with E-state index in [0.29, 0.717) is 0 Å². The maximum absolute atomic E-state index is 2.41. The quantitative estimate of drug-likeness (QED) is 0.439. The van der Waals surface area contributed by atoms with Gasteiger partial charge < -0.3 is 4.57 Å². The third-order valence-corrected chi connectivity index (χ3v) is 4.60. The van der Waals surface area contributed by atoms with Crippen molar-refractivity contribution >= 4 is 21.8 Å². The molecule has 0 aliphatic rings. The minimum atomic E-state index is 0.994. The van der Waals surface area contributed by atoms with E-state index in [-0.39, 0.29) is 0 Å². The minimum Gasteiger partial charge on any atom is -0.341 e. The number of benzene rings is 3. The zero-order valence-corrected chi connectivity index (χ0v) is 13.0. The molecule has 3 aromatic carbocycles. The van der Waals surface area contributed by atoms with Crippen molar-refractivity contribution in [3.05, 3.63) is 72.3 Å². The summed E-state index contributed by atoms with van der Waals surface area (Å²) in [5, 5.41) is 2.74. The summed E-state index contributed by atoms with van der Waals surface area (Å²) in [5.41, 5.74) is 6.64. The predicted molar refractivity (Wildman–Crippen MR) is 95.3 cm³/mol. The number of nitrogens with zero attached hydrogens (tertiary/aromatic N) is 1. The summed E-state index contributed by atoms with van der Waals surface area (Å²) < 4.78 is 2.41. The molecule has 0 aliphatic heterocycles. The molecule has 1 heteroatoms. The number of hydrogen-bond donors (Lipinski definition) is 0. The summed E-state index contributed by atoms with van der Waals surface area (Å²) in [6, 6.07) is 23.9. The number of hydrogen-bond acceptors (Lipinski definition) is 0. The molecule has 1 nitrogen and oxygen atoms in total. The maximum Gasteiger partial charge on any atom is 0.0494 e. The van der Waals surface area contributed by atoms with Crippen molar-refractivity contribution in [2.75, 3.05) is 0 Å². The highest BCUT2D eigenvalue weighted by Crippen LogP contribution is 2.36. The van der Waals surface area contributed by atoms with Crippen molar-refractivity contribution in [3.63, 3.8) is 0 Å². The molecule has 0 fully saturated rings. The smallest absolute Gasteiger partial charge is 0.0494 e. The summed E-state index contributed by atoms with van der Waals surface area (Å²) in [6.45, 7) is 5.46. The van der Waals surface area contributed by atoms with E-state index in [1.54, 1.807) is 0 Å². The van der Waals surface area contributed by atoms with Crippen LogP contribution in [0.5, 0.6) is 0 Å². The first kappa shape index (κ1) is 13.1. The highest BCUT2D eigenvalue weighted by molar-refractivity contribution is 6.11. The molecule has 0 saturated heterocycles. The number of para-hydroxylation sites is 1. The Morgan fingerprint density at radius 3 is 2.27 bits per heavy atom. The molecular weight excluding hydrogens is 266 g/mol. The zero-order chi connectivity index (χ0) is 15.1. The van der Waals surface area contributed by atoms with Crippen LogP contribution in [0.1, 0.15) is 12.5 Å². The van der Waals surface area contributed by atoms with Gasteiger partial charge in [-0.05, 0) is 42.7 Å². The average molecular weight is 285 g/mol. The third kappa shape index (κ3) is 1.79. The molecule has 0 aliphatic carbocycles. The lowest BCUT2D eigenvalue weighted by Crippen LogP contribution is -1.93. The van der Waals surface area contributed by atoms with Crippen molar-refractivity contribution in [3.8, 4) is 11.1 Å². The molecule has 0 radical (unpaired) electrons. The van der Waals surface area contributed by atoms with Crippen molar-refractivity contribution in [1.82, 2.24) is 4.57 Å². The fourth-order valence-corrected chi connectivity index (χ4v) is 3.58. The molecule has 4 aromatic rings. The number of rotatable bonds is 2. The number of aryl methyl sites for hydroxylation is 2. The van der Waals surface area contributed by atoms with E-state index in [9.17, 15) is 0 Å². The van der Waals surface area contributed by atoms with Gasteiger partial charge in [0.25, 0.3) is 0 Å². The largest absolute Gasteiger partial charge is 0.341 e. The monoisotopic (exact) mass is 285 g/mol. The maximum atomic E-state index is 2.41. The first-order chi connectivity index (χ1) is 10.8. The lowest BCUT2D eigenvalue weighted by Gasteiger charge is -2.09. The minimum absolute atomic E-state index is 0.994. The van der Waals surface area contributed by atoms with Crippen molar-refractivity contribution in [2.45, 2.75) is 20.4 Å². The summed E-state index contributed by atoms with van der Waals surface area (Å²) in [4.78, 5) is 0. The van der Waals surface area contributed by atoms with Crippen LogP contribution in [0.15, 0.2) is 66.7 Å². The molecule has 0 unspecified atom stereocenters. The molecule has 0 amide bonds. The van der Waals surface area contributed by atoms with Crippen LogP contribution in [0, 0.1) is 6.92 Å². The van der Waals surface area contributed by atoms with Crippen LogP contribution in [0.25, 0.3) is 32.9 Å². The summed E-state index contributed by atoms with van der Waals surface area (Å²) in [7, 11) is 0. The molecule has 0 atom stereocenters. The van der Waals surface area contributed by atoms with Gasteiger partial charge >= 0.3 is 0 Å². The Hall–Kier alpha value is -2.54. The number of fused-ring (bicyclic) bond motifs is 3. The highest BCUT2D eigenvalue weighted by Gasteiger charge is 2.13. The molecule has 22 heavy (non-hydrogen) atoms. The number of aromatic nitrogens is 1. The zero-order valence-electron chi connectivity index (χ0n) is 13.0. The lowest BCUT2D eigenvalue weighted by molar-refractivity contribution is 0.827. The Morgan fingerprint density at radius 1 is 0.773 bits per heavy atom. The van der Waals surface area contributed by atoms with Crippen LogP contribution in [0.3, 0.4) is 0 Å². The Bertz CT molecular complexity index is 961. The molecule has 0 bridgehead atoms. The summed E-state index contributed by atoms with van der Waals surface area (Å²) >= 11 is 0. The van der Waals surface area contributed by atoms with E-state index in [1.807, 2.05) is 0 Å². The van der Waals surface area contributed by atoms with Crippen molar-refractivity contribution in [2.24, 2.45) is 0 Å². The van der Waals surface area contributed by atoms with Crippen LogP contribution in [-0.2, 0) is 6.54 Å². The van der Waals surface area contributed by atoms with Gasteiger partial charge in [0.05, 0.1) is 0 Å². The van der Waals surface area contributed by atoms with Crippen LogP contribution in [0.4, 0.5) is 0 Å².